The minimum atomic E-state index is -0.792. The number of aliphatic hydroxyl groups is 1. The van der Waals surface area contributed by atoms with Gasteiger partial charge >= 0.3 is 11.9 Å². The van der Waals surface area contributed by atoms with Crippen LogP contribution in [0, 0.1) is 28.6 Å². The molecule has 5 atom stereocenters. The first-order valence-corrected chi connectivity index (χ1v) is 11.6. The van der Waals surface area contributed by atoms with Crippen LogP contribution in [0.15, 0.2) is 11.6 Å². The van der Waals surface area contributed by atoms with Crippen LogP contribution in [0.2, 0.25) is 0 Å². The molecule has 2 rings (SSSR count). The van der Waals surface area contributed by atoms with E-state index in [2.05, 4.69) is 40.7 Å². The minimum Gasteiger partial charge on any atom is -0.462 e. The molecule has 0 bridgehead atoms. The Bertz CT molecular complexity index is 637. The zero-order chi connectivity index (χ0) is 22.5. The van der Waals surface area contributed by atoms with E-state index in [4.69, 9.17) is 9.47 Å². The lowest BCUT2D eigenvalue weighted by atomic mass is 9.52. The summed E-state index contributed by atoms with van der Waals surface area (Å²) in [5.74, 6) is 0.736. The van der Waals surface area contributed by atoms with Crippen molar-refractivity contribution in [3.8, 4) is 0 Å². The topological polar surface area (TPSA) is 72.8 Å². The van der Waals surface area contributed by atoms with Crippen molar-refractivity contribution in [3.63, 3.8) is 0 Å². The molecular formula is C25H42O5. The fraction of sp³-hybridized carbons (Fsp3) is 0.840. The molecule has 1 saturated carbocycles. The van der Waals surface area contributed by atoms with Crippen molar-refractivity contribution < 1.29 is 24.2 Å². The second kappa shape index (κ2) is 10.3. The summed E-state index contributed by atoms with van der Waals surface area (Å²) in [6.45, 7) is 12.6. The Morgan fingerprint density at radius 2 is 1.97 bits per heavy atom. The second-order valence-corrected chi connectivity index (χ2v) is 10.6. The molecule has 0 spiro atoms. The van der Waals surface area contributed by atoms with Gasteiger partial charge in [-0.05, 0) is 67.1 Å². The van der Waals surface area contributed by atoms with Crippen LogP contribution in [0.5, 0.6) is 0 Å². The first kappa shape index (κ1) is 24.9. The SMILES string of the molecule is CC(=O)OCC(CO)OC(=O)CC(C)CCC1(C)C2=CCCC(C)(C)C2CCC1C. The van der Waals surface area contributed by atoms with E-state index < -0.39 is 12.1 Å². The number of allylic oxidation sites excluding steroid dienone is 2. The van der Waals surface area contributed by atoms with Crippen molar-refractivity contribution in [2.45, 2.75) is 92.6 Å². The summed E-state index contributed by atoms with van der Waals surface area (Å²) in [5, 5.41) is 9.34. The van der Waals surface area contributed by atoms with Crippen molar-refractivity contribution in [2.24, 2.45) is 28.6 Å². The summed E-state index contributed by atoms with van der Waals surface area (Å²) >= 11 is 0. The van der Waals surface area contributed by atoms with Crippen LogP contribution in [-0.4, -0.2) is 36.4 Å². The average molecular weight is 423 g/mol. The lowest BCUT2D eigenvalue weighted by Gasteiger charge is -2.53. The molecule has 0 aromatic carbocycles. The number of esters is 2. The third-order valence-corrected chi connectivity index (χ3v) is 7.75. The molecule has 0 radical (unpaired) electrons. The Kier molecular flexibility index (Phi) is 8.55. The molecule has 1 fully saturated rings. The lowest BCUT2D eigenvalue weighted by molar-refractivity contribution is -0.161. The molecule has 0 aromatic rings. The van der Waals surface area contributed by atoms with Crippen LogP contribution < -0.4 is 0 Å². The number of aliphatic hydroxyl groups excluding tert-OH is 1. The van der Waals surface area contributed by atoms with E-state index in [9.17, 15) is 14.7 Å². The van der Waals surface area contributed by atoms with Gasteiger partial charge in [0, 0.05) is 13.3 Å². The minimum absolute atomic E-state index is 0.104. The van der Waals surface area contributed by atoms with Gasteiger partial charge in [-0.3, -0.25) is 9.59 Å². The van der Waals surface area contributed by atoms with E-state index in [0.29, 0.717) is 23.7 Å². The molecule has 30 heavy (non-hydrogen) atoms. The maximum Gasteiger partial charge on any atom is 0.306 e. The van der Waals surface area contributed by atoms with E-state index in [1.165, 1.54) is 32.6 Å². The number of ether oxygens (including phenoxy) is 2. The van der Waals surface area contributed by atoms with Crippen LogP contribution in [-0.2, 0) is 19.1 Å². The van der Waals surface area contributed by atoms with Gasteiger partial charge in [-0.15, -0.1) is 0 Å². The van der Waals surface area contributed by atoms with Gasteiger partial charge in [0.1, 0.15) is 6.61 Å². The zero-order valence-electron chi connectivity index (χ0n) is 19.8. The van der Waals surface area contributed by atoms with Gasteiger partial charge < -0.3 is 14.6 Å². The first-order chi connectivity index (χ1) is 14.0. The fourth-order valence-electron chi connectivity index (χ4n) is 5.43. The highest BCUT2D eigenvalue weighted by Gasteiger charge is 2.47. The summed E-state index contributed by atoms with van der Waals surface area (Å²) < 4.78 is 10.1. The maximum absolute atomic E-state index is 12.3. The van der Waals surface area contributed by atoms with Crippen LogP contribution in [0.3, 0.4) is 0 Å². The van der Waals surface area contributed by atoms with E-state index in [1.807, 2.05) is 0 Å². The van der Waals surface area contributed by atoms with Crippen LogP contribution in [0.4, 0.5) is 0 Å². The molecule has 0 aromatic heterocycles. The third kappa shape index (κ3) is 6.09. The lowest BCUT2D eigenvalue weighted by Crippen LogP contribution is -2.43. The summed E-state index contributed by atoms with van der Waals surface area (Å²) in [7, 11) is 0. The maximum atomic E-state index is 12.3. The molecule has 5 unspecified atom stereocenters. The number of carbonyl (C=O) groups excluding carboxylic acids is 2. The Morgan fingerprint density at radius 1 is 1.27 bits per heavy atom. The molecule has 0 amide bonds. The van der Waals surface area contributed by atoms with Gasteiger partial charge in [0.25, 0.3) is 0 Å². The quantitative estimate of drug-likeness (QED) is 0.415. The van der Waals surface area contributed by atoms with Gasteiger partial charge in [0.05, 0.1) is 6.61 Å². The Morgan fingerprint density at radius 3 is 2.60 bits per heavy atom. The Labute approximate surface area is 182 Å². The van der Waals surface area contributed by atoms with Crippen LogP contribution >= 0.6 is 0 Å². The van der Waals surface area contributed by atoms with Gasteiger partial charge in [-0.25, -0.2) is 0 Å². The molecule has 0 saturated heterocycles. The molecule has 0 heterocycles. The summed E-state index contributed by atoms with van der Waals surface area (Å²) in [4.78, 5) is 23.2. The highest BCUT2D eigenvalue weighted by molar-refractivity contribution is 5.70. The van der Waals surface area contributed by atoms with E-state index in [0.717, 1.165) is 12.8 Å². The monoisotopic (exact) mass is 422 g/mol. The zero-order valence-corrected chi connectivity index (χ0v) is 19.8. The van der Waals surface area contributed by atoms with Crippen molar-refractivity contribution in [3.05, 3.63) is 11.6 Å². The molecule has 172 valence electrons. The normalized spacial score (nSPS) is 29.9. The third-order valence-electron chi connectivity index (χ3n) is 7.75. The predicted molar refractivity (Wildman–Crippen MR) is 118 cm³/mol. The standard InChI is InChI=1S/C25H42O5/c1-17(14-23(28)30-20(15-26)16-29-19(3)27)11-13-25(6)18(2)9-10-21-22(25)8-7-12-24(21,4)5/h8,17-18,20-21,26H,7,9-16H2,1-6H3. The summed E-state index contributed by atoms with van der Waals surface area (Å²) in [6.07, 6.45) is 9.10. The van der Waals surface area contributed by atoms with Crippen LogP contribution in [0.25, 0.3) is 0 Å². The number of hydrogen-bond donors (Lipinski definition) is 1. The van der Waals surface area contributed by atoms with Gasteiger partial charge in [-0.1, -0.05) is 46.3 Å². The van der Waals surface area contributed by atoms with Crippen LogP contribution in [0.1, 0.15) is 86.5 Å². The Hall–Kier alpha value is -1.36. The second-order valence-electron chi connectivity index (χ2n) is 10.6. The van der Waals surface area contributed by atoms with Gasteiger partial charge in [-0.2, -0.15) is 0 Å². The molecule has 2 aliphatic rings. The van der Waals surface area contributed by atoms with E-state index in [-0.39, 0.29) is 30.5 Å². The first-order valence-electron chi connectivity index (χ1n) is 11.6. The number of carbonyl (C=O) groups is 2. The highest BCUT2D eigenvalue weighted by atomic mass is 16.6. The molecular weight excluding hydrogens is 380 g/mol. The number of rotatable bonds is 9. The molecule has 5 nitrogen and oxygen atoms in total. The molecule has 0 aliphatic heterocycles. The van der Waals surface area contributed by atoms with Crippen molar-refractivity contribution in [1.29, 1.82) is 0 Å². The highest BCUT2D eigenvalue weighted by Crippen LogP contribution is 2.58. The molecule has 5 heteroatoms. The molecule has 1 N–H and O–H groups in total. The molecule has 2 aliphatic carbocycles. The van der Waals surface area contributed by atoms with Gasteiger partial charge in [0.15, 0.2) is 6.10 Å². The Balaban J connectivity index is 1.92. The van der Waals surface area contributed by atoms with E-state index in [1.54, 1.807) is 5.57 Å². The van der Waals surface area contributed by atoms with Gasteiger partial charge in [0.2, 0.25) is 0 Å². The van der Waals surface area contributed by atoms with E-state index >= 15 is 0 Å². The van der Waals surface area contributed by atoms with Crippen molar-refractivity contribution in [2.75, 3.05) is 13.2 Å². The number of hydrogen-bond acceptors (Lipinski definition) is 5. The number of fused-ring (bicyclic) bond motifs is 1. The average Bonchev–Trinajstić information content (AvgIpc) is 2.66. The summed E-state index contributed by atoms with van der Waals surface area (Å²) in [6, 6.07) is 0. The van der Waals surface area contributed by atoms with Crippen molar-refractivity contribution >= 4 is 11.9 Å². The predicted octanol–water partition coefficient (Wildman–Crippen LogP) is 5.06. The fourth-order valence-corrected chi connectivity index (χ4v) is 5.43. The summed E-state index contributed by atoms with van der Waals surface area (Å²) in [5.41, 5.74) is 2.23. The largest absolute Gasteiger partial charge is 0.462 e. The smallest absolute Gasteiger partial charge is 0.306 e. The van der Waals surface area contributed by atoms with Crippen molar-refractivity contribution in [1.82, 2.24) is 0 Å².